The van der Waals surface area contributed by atoms with Crippen LogP contribution >= 0.6 is 0 Å². The summed E-state index contributed by atoms with van der Waals surface area (Å²) in [6, 6.07) is 15.3. The Hall–Kier alpha value is -3.48. The minimum absolute atomic E-state index is 0.0938. The average Bonchev–Trinajstić information content (AvgIpc) is 2.73. The number of benzene rings is 3. The van der Waals surface area contributed by atoms with Gasteiger partial charge >= 0.3 is 5.97 Å². The van der Waals surface area contributed by atoms with E-state index in [4.69, 9.17) is 9.84 Å². The Kier molecular flexibility index (Phi) is 6.61. The number of halogens is 3. The van der Waals surface area contributed by atoms with Gasteiger partial charge in [-0.3, -0.25) is 0 Å². The van der Waals surface area contributed by atoms with Gasteiger partial charge in [-0.2, -0.15) is 0 Å². The zero-order chi connectivity index (χ0) is 21.7. The highest BCUT2D eigenvalue weighted by molar-refractivity contribution is 5.72. The molecule has 7 heteroatoms. The molecular formula is C23H20F3NO3. The summed E-state index contributed by atoms with van der Waals surface area (Å²) < 4.78 is 47.6. The molecule has 1 unspecified atom stereocenters. The maximum atomic E-state index is 14.7. The lowest BCUT2D eigenvalue weighted by Gasteiger charge is -2.16. The van der Waals surface area contributed by atoms with E-state index in [2.05, 4.69) is 5.32 Å². The SMILES string of the molecule is CCC(Oc1ccc(F)c(NCc2cccc(-c3cccc(F)c3)c2)c1F)C(=O)O. The third-order valence-electron chi connectivity index (χ3n) is 4.53. The number of hydrogen-bond acceptors (Lipinski definition) is 3. The van der Waals surface area contributed by atoms with Crippen molar-refractivity contribution in [1.29, 1.82) is 0 Å². The monoisotopic (exact) mass is 415 g/mol. The van der Waals surface area contributed by atoms with E-state index in [0.29, 0.717) is 5.56 Å². The van der Waals surface area contributed by atoms with Crippen molar-refractivity contribution in [2.45, 2.75) is 26.0 Å². The summed E-state index contributed by atoms with van der Waals surface area (Å²) >= 11 is 0. The topological polar surface area (TPSA) is 58.6 Å². The van der Waals surface area contributed by atoms with Crippen LogP contribution in [0.25, 0.3) is 11.1 Å². The summed E-state index contributed by atoms with van der Waals surface area (Å²) in [5, 5.41) is 11.8. The molecule has 3 aromatic carbocycles. The van der Waals surface area contributed by atoms with E-state index < -0.39 is 29.4 Å². The third kappa shape index (κ3) is 4.92. The minimum atomic E-state index is -1.24. The fourth-order valence-corrected chi connectivity index (χ4v) is 2.97. The van der Waals surface area contributed by atoms with Crippen molar-refractivity contribution in [2.24, 2.45) is 0 Å². The molecule has 0 aromatic heterocycles. The quantitative estimate of drug-likeness (QED) is 0.501. The summed E-state index contributed by atoms with van der Waals surface area (Å²) in [5.74, 6) is -3.77. The Morgan fingerprint density at radius 1 is 1.03 bits per heavy atom. The molecule has 3 aromatic rings. The molecule has 1 atom stereocenters. The smallest absolute Gasteiger partial charge is 0.344 e. The fourth-order valence-electron chi connectivity index (χ4n) is 2.97. The lowest BCUT2D eigenvalue weighted by Crippen LogP contribution is -2.26. The van der Waals surface area contributed by atoms with Gasteiger partial charge in [0.2, 0.25) is 0 Å². The van der Waals surface area contributed by atoms with Crippen molar-refractivity contribution in [2.75, 3.05) is 5.32 Å². The largest absolute Gasteiger partial charge is 0.479 e. The molecule has 0 aliphatic rings. The average molecular weight is 415 g/mol. The normalized spacial score (nSPS) is 11.7. The van der Waals surface area contributed by atoms with Crippen LogP contribution in [0.5, 0.6) is 5.75 Å². The van der Waals surface area contributed by atoms with Crippen molar-refractivity contribution >= 4 is 11.7 Å². The summed E-state index contributed by atoms with van der Waals surface area (Å²) in [6.07, 6.45) is -1.11. The van der Waals surface area contributed by atoms with Gasteiger partial charge in [0.25, 0.3) is 0 Å². The van der Waals surface area contributed by atoms with Crippen molar-refractivity contribution in [3.05, 3.63) is 83.7 Å². The van der Waals surface area contributed by atoms with Crippen LogP contribution in [0, 0.1) is 17.5 Å². The first-order valence-corrected chi connectivity index (χ1v) is 9.35. The van der Waals surface area contributed by atoms with Crippen molar-refractivity contribution in [3.8, 4) is 16.9 Å². The number of aliphatic carboxylic acids is 1. The molecule has 0 saturated heterocycles. The predicted octanol–water partition coefficient (Wildman–Crippen LogP) is 5.63. The maximum absolute atomic E-state index is 14.7. The van der Waals surface area contributed by atoms with E-state index >= 15 is 0 Å². The highest BCUT2D eigenvalue weighted by Crippen LogP contribution is 2.29. The van der Waals surface area contributed by atoms with Gasteiger partial charge in [0.1, 0.15) is 17.3 Å². The molecule has 0 fully saturated rings. The molecule has 156 valence electrons. The Morgan fingerprint density at radius 2 is 1.73 bits per heavy atom. The first-order valence-electron chi connectivity index (χ1n) is 9.35. The Bertz CT molecular complexity index is 1060. The minimum Gasteiger partial charge on any atom is -0.479 e. The Morgan fingerprint density at radius 3 is 2.40 bits per heavy atom. The van der Waals surface area contributed by atoms with Crippen LogP contribution in [0.4, 0.5) is 18.9 Å². The zero-order valence-electron chi connectivity index (χ0n) is 16.2. The van der Waals surface area contributed by atoms with Gasteiger partial charge in [0.05, 0.1) is 0 Å². The fraction of sp³-hybridized carbons (Fsp3) is 0.174. The number of anilines is 1. The first kappa shape index (κ1) is 21.2. The van der Waals surface area contributed by atoms with Gasteiger partial charge in [-0.05, 0) is 53.4 Å². The second-order valence-corrected chi connectivity index (χ2v) is 6.65. The second-order valence-electron chi connectivity index (χ2n) is 6.65. The number of rotatable bonds is 8. The molecule has 0 aliphatic heterocycles. The number of nitrogens with one attached hydrogen (secondary N) is 1. The lowest BCUT2D eigenvalue weighted by molar-refractivity contribution is -0.145. The number of hydrogen-bond donors (Lipinski definition) is 2. The Labute approximate surface area is 171 Å². The molecule has 0 radical (unpaired) electrons. The van der Waals surface area contributed by atoms with Gasteiger partial charge in [-0.25, -0.2) is 18.0 Å². The van der Waals surface area contributed by atoms with Crippen LogP contribution in [0.2, 0.25) is 0 Å². The standard InChI is InChI=1S/C23H20F3NO3/c1-2-19(23(28)29)30-20-10-9-18(25)22(21(20)26)27-13-14-5-3-6-15(11-14)16-7-4-8-17(24)12-16/h3-12,19,27H,2,13H2,1H3,(H,28,29). The van der Waals surface area contributed by atoms with Crippen molar-refractivity contribution in [1.82, 2.24) is 0 Å². The number of carbonyl (C=O) groups is 1. The highest BCUT2D eigenvalue weighted by Gasteiger charge is 2.21. The molecule has 2 N–H and O–H groups in total. The van der Waals surface area contributed by atoms with Gasteiger partial charge in [0.15, 0.2) is 17.7 Å². The van der Waals surface area contributed by atoms with Crippen LogP contribution in [-0.2, 0) is 11.3 Å². The van der Waals surface area contributed by atoms with Crippen LogP contribution in [0.1, 0.15) is 18.9 Å². The molecule has 0 heterocycles. The summed E-state index contributed by atoms with van der Waals surface area (Å²) in [6.45, 7) is 1.68. The number of ether oxygens (including phenoxy) is 1. The summed E-state index contributed by atoms with van der Waals surface area (Å²) in [4.78, 5) is 11.1. The third-order valence-corrected chi connectivity index (χ3v) is 4.53. The summed E-state index contributed by atoms with van der Waals surface area (Å²) in [7, 11) is 0. The van der Waals surface area contributed by atoms with E-state index in [0.717, 1.165) is 23.3 Å². The molecule has 4 nitrogen and oxygen atoms in total. The predicted molar refractivity (Wildman–Crippen MR) is 108 cm³/mol. The highest BCUT2D eigenvalue weighted by atomic mass is 19.1. The number of carboxylic acids is 1. The molecule has 30 heavy (non-hydrogen) atoms. The van der Waals surface area contributed by atoms with Crippen LogP contribution in [0.15, 0.2) is 60.7 Å². The van der Waals surface area contributed by atoms with E-state index in [1.54, 1.807) is 37.3 Å². The van der Waals surface area contributed by atoms with Crippen LogP contribution < -0.4 is 10.1 Å². The molecule has 0 saturated carbocycles. The second kappa shape index (κ2) is 9.35. The van der Waals surface area contributed by atoms with Gasteiger partial charge in [0, 0.05) is 6.54 Å². The van der Waals surface area contributed by atoms with E-state index in [-0.39, 0.29) is 24.5 Å². The van der Waals surface area contributed by atoms with E-state index in [9.17, 15) is 18.0 Å². The van der Waals surface area contributed by atoms with Crippen LogP contribution in [-0.4, -0.2) is 17.2 Å². The van der Waals surface area contributed by atoms with E-state index in [1.807, 2.05) is 6.07 Å². The molecular weight excluding hydrogens is 395 g/mol. The van der Waals surface area contributed by atoms with E-state index in [1.165, 1.54) is 12.1 Å². The number of carboxylic acid groups (broad SMARTS) is 1. The van der Waals surface area contributed by atoms with Crippen molar-refractivity contribution < 1.29 is 27.8 Å². The molecule has 0 aliphatic carbocycles. The van der Waals surface area contributed by atoms with Crippen molar-refractivity contribution in [3.63, 3.8) is 0 Å². The molecule has 0 spiro atoms. The summed E-state index contributed by atoms with van der Waals surface area (Å²) in [5.41, 5.74) is 1.76. The first-order chi connectivity index (χ1) is 14.4. The lowest BCUT2D eigenvalue weighted by atomic mass is 10.0. The Balaban J connectivity index is 1.80. The maximum Gasteiger partial charge on any atom is 0.344 e. The van der Waals surface area contributed by atoms with Gasteiger partial charge in [-0.1, -0.05) is 37.3 Å². The molecule has 0 bridgehead atoms. The van der Waals surface area contributed by atoms with Gasteiger partial charge < -0.3 is 15.2 Å². The van der Waals surface area contributed by atoms with Gasteiger partial charge in [-0.15, -0.1) is 0 Å². The molecule has 3 rings (SSSR count). The van der Waals surface area contributed by atoms with Crippen LogP contribution in [0.3, 0.4) is 0 Å². The molecule has 0 amide bonds. The zero-order valence-corrected chi connectivity index (χ0v) is 16.2.